The van der Waals surface area contributed by atoms with Crippen molar-refractivity contribution in [3.05, 3.63) is 76.1 Å². The first kappa shape index (κ1) is 42.5. The van der Waals surface area contributed by atoms with Gasteiger partial charge >= 0.3 is 6.03 Å². The molecule has 15 nitrogen and oxygen atoms in total. The van der Waals surface area contributed by atoms with Gasteiger partial charge in [0, 0.05) is 76.5 Å². The summed E-state index contributed by atoms with van der Waals surface area (Å²) in [6.45, 7) is 3.73. The van der Waals surface area contributed by atoms with E-state index in [1.807, 2.05) is 39.0 Å². The minimum atomic E-state index is -2.90. The predicted octanol–water partition coefficient (Wildman–Crippen LogP) is 5.63. The molecular weight excluding hydrogens is 851 g/mol. The van der Waals surface area contributed by atoms with E-state index in [0.717, 1.165) is 42.5 Å². The first-order valence-electron chi connectivity index (χ1n) is 22.2. The number of amides is 5. The highest BCUT2D eigenvalue weighted by molar-refractivity contribution is 6.34. The second kappa shape index (κ2) is 16.5. The summed E-state index contributed by atoms with van der Waals surface area (Å²) in [5.41, 5.74) is 5.18. The van der Waals surface area contributed by atoms with Crippen LogP contribution >= 0.6 is 11.6 Å². The SMILES string of the molecule is CNc1cc(N2CCc3c(CN4CCC(N5CCC6(CCN(C(=O)c7ccc(Cl)c(N8CCC(=O)NC8=O)c7)CC6)CC5)C(F)(F)C4)cccc32)nn2c(C(=O)N[C@@H]3C[C@@H]3F)cnc12. The fraction of sp³-hybridized carbons (Fsp3) is 0.511. The minimum Gasteiger partial charge on any atom is -0.385 e. The van der Waals surface area contributed by atoms with E-state index in [2.05, 4.69) is 25.8 Å². The van der Waals surface area contributed by atoms with Crippen molar-refractivity contribution < 1.29 is 32.3 Å². The molecular formula is C45H51ClF3N11O4. The molecule has 5 amide bonds. The first-order chi connectivity index (χ1) is 30.8. The monoisotopic (exact) mass is 901 g/mol. The van der Waals surface area contributed by atoms with E-state index in [0.29, 0.717) is 98.5 Å². The van der Waals surface area contributed by atoms with Gasteiger partial charge in [-0.25, -0.2) is 27.5 Å². The number of alkyl halides is 3. The van der Waals surface area contributed by atoms with Gasteiger partial charge in [-0.05, 0) is 92.4 Å². The van der Waals surface area contributed by atoms with Crippen LogP contribution in [-0.4, -0.2) is 137 Å². The molecule has 1 saturated carbocycles. The number of urea groups is 1. The van der Waals surface area contributed by atoms with Crippen molar-refractivity contribution in [2.75, 3.05) is 74.5 Å². The molecule has 3 N–H and O–H groups in total. The third-order valence-corrected chi connectivity index (χ3v) is 14.7. The third-order valence-electron chi connectivity index (χ3n) is 14.4. The van der Waals surface area contributed by atoms with Crippen LogP contribution < -0.4 is 25.8 Å². The van der Waals surface area contributed by atoms with Crippen molar-refractivity contribution in [1.29, 1.82) is 0 Å². The zero-order valence-electron chi connectivity index (χ0n) is 35.6. The fourth-order valence-corrected chi connectivity index (χ4v) is 10.7. The van der Waals surface area contributed by atoms with E-state index >= 15 is 8.78 Å². The number of imide groups is 1. The minimum absolute atomic E-state index is 0.00360. The van der Waals surface area contributed by atoms with Gasteiger partial charge in [0.1, 0.15) is 6.17 Å². The average molecular weight is 902 g/mol. The summed E-state index contributed by atoms with van der Waals surface area (Å²) < 4.78 is 47.5. The van der Waals surface area contributed by atoms with Crippen LogP contribution in [0.4, 0.5) is 40.8 Å². The largest absolute Gasteiger partial charge is 0.385 e. The lowest BCUT2D eigenvalue weighted by Gasteiger charge is -2.51. The highest BCUT2D eigenvalue weighted by Gasteiger charge is 2.50. The lowest BCUT2D eigenvalue weighted by Crippen LogP contribution is -2.60. The van der Waals surface area contributed by atoms with Crippen molar-refractivity contribution >= 4 is 63.9 Å². The summed E-state index contributed by atoms with van der Waals surface area (Å²) >= 11 is 6.42. The van der Waals surface area contributed by atoms with Crippen molar-refractivity contribution in [2.45, 2.75) is 82.1 Å². The van der Waals surface area contributed by atoms with Gasteiger partial charge in [-0.15, -0.1) is 5.10 Å². The second-order valence-electron chi connectivity index (χ2n) is 18.2. The summed E-state index contributed by atoms with van der Waals surface area (Å²) in [6, 6.07) is 10.8. The topological polar surface area (TPSA) is 151 Å². The number of hydrogen-bond donors (Lipinski definition) is 3. The number of piperidine rings is 3. The number of hydrogen-bond acceptors (Lipinski definition) is 10. The molecule has 5 fully saturated rings. The molecule has 10 rings (SSSR count). The Labute approximate surface area is 373 Å². The van der Waals surface area contributed by atoms with Crippen LogP contribution in [0.1, 0.15) is 76.9 Å². The van der Waals surface area contributed by atoms with E-state index in [4.69, 9.17) is 16.7 Å². The van der Waals surface area contributed by atoms with Crippen molar-refractivity contribution in [1.82, 2.24) is 39.9 Å². The Morgan fingerprint density at radius 3 is 2.41 bits per heavy atom. The quantitative estimate of drug-likeness (QED) is 0.193. The van der Waals surface area contributed by atoms with E-state index in [1.165, 1.54) is 15.6 Å². The molecule has 19 heteroatoms. The molecule has 3 atom stereocenters. The van der Waals surface area contributed by atoms with Gasteiger partial charge < -0.3 is 20.4 Å². The number of anilines is 4. The summed E-state index contributed by atoms with van der Waals surface area (Å²) in [6.07, 6.45) is 5.11. The summed E-state index contributed by atoms with van der Waals surface area (Å²) in [5, 5.41) is 13.3. The predicted molar refractivity (Wildman–Crippen MR) is 234 cm³/mol. The number of benzene rings is 2. The summed E-state index contributed by atoms with van der Waals surface area (Å²) in [5.74, 6) is -3.24. The van der Waals surface area contributed by atoms with Gasteiger partial charge in [-0.2, -0.15) is 0 Å². The maximum absolute atomic E-state index is 16.2. The maximum Gasteiger partial charge on any atom is 0.328 e. The van der Waals surface area contributed by atoms with Crippen molar-refractivity contribution in [3.63, 3.8) is 0 Å². The van der Waals surface area contributed by atoms with Crippen LogP contribution in [0, 0.1) is 5.41 Å². The number of nitrogens with zero attached hydrogens (tertiary/aromatic N) is 8. The standard InChI is InChI=1S/C45H51ClF3N11O4/c1-50-33-23-38(54-60-36(24-51-40(33)60)41(62)52-32-22-31(32)47)58-15-7-29-28(3-2-4-34(29)58)25-55-14-8-37(45(48,49)26-55)56-17-10-44(11-18-56)12-19-57(20-13-44)42(63)27-5-6-30(46)35(21-27)59-16-9-39(61)53-43(59)64/h2-6,21,23-24,31-32,37,50H,7-20,22,25-26H2,1H3,(H,52,62)(H,53,61,64)/t31-,32+,37?/m0/s1. The molecule has 7 heterocycles. The molecule has 4 aromatic rings. The maximum atomic E-state index is 16.2. The van der Waals surface area contributed by atoms with Gasteiger partial charge in [-0.3, -0.25) is 34.4 Å². The lowest BCUT2D eigenvalue weighted by atomic mass is 9.70. The summed E-state index contributed by atoms with van der Waals surface area (Å²) in [7, 11) is 1.77. The first-order valence-corrected chi connectivity index (χ1v) is 22.6. The number of carbonyl (C=O) groups excluding carboxylic acids is 4. The third kappa shape index (κ3) is 7.90. The molecule has 6 aliphatic rings. The van der Waals surface area contributed by atoms with E-state index in [-0.39, 0.29) is 42.4 Å². The van der Waals surface area contributed by atoms with Gasteiger partial charge in [0.25, 0.3) is 17.7 Å². The van der Waals surface area contributed by atoms with Crippen LogP contribution in [0.3, 0.4) is 0 Å². The van der Waals surface area contributed by atoms with E-state index < -0.39 is 36.1 Å². The lowest BCUT2D eigenvalue weighted by molar-refractivity contribution is -0.139. The van der Waals surface area contributed by atoms with E-state index in [1.54, 1.807) is 25.2 Å². The molecule has 2 aromatic heterocycles. The molecule has 0 radical (unpaired) electrons. The highest BCUT2D eigenvalue weighted by Crippen LogP contribution is 2.45. The van der Waals surface area contributed by atoms with Gasteiger partial charge in [0.2, 0.25) is 5.91 Å². The van der Waals surface area contributed by atoms with Gasteiger partial charge in [0.15, 0.2) is 17.2 Å². The number of halogens is 4. The summed E-state index contributed by atoms with van der Waals surface area (Å²) in [4.78, 5) is 64.4. The zero-order valence-corrected chi connectivity index (χ0v) is 36.4. The molecule has 64 heavy (non-hydrogen) atoms. The number of fused-ring (bicyclic) bond motifs is 2. The van der Waals surface area contributed by atoms with Gasteiger partial charge in [-0.1, -0.05) is 23.7 Å². The molecule has 1 aliphatic carbocycles. The highest BCUT2D eigenvalue weighted by atomic mass is 35.5. The Balaban J connectivity index is 0.747. The molecule has 0 bridgehead atoms. The zero-order chi connectivity index (χ0) is 44.5. The second-order valence-corrected chi connectivity index (χ2v) is 18.6. The molecule has 1 unspecified atom stereocenters. The van der Waals surface area contributed by atoms with E-state index in [9.17, 15) is 23.6 Å². The normalized spacial score (nSPS) is 24.5. The molecule has 4 saturated heterocycles. The number of carbonyl (C=O) groups is 4. The van der Waals surface area contributed by atoms with Crippen LogP contribution in [-0.2, 0) is 17.8 Å². The van der Waals surface area contributed by atoms with Crippen LogP contribution in [0.25, 0.3) is 5.65 Å². The number of rotatable bonds is 9. The Bertz CT molecular complexity index is 2520. The van der Waals surface area contributed by atoms with Crippen LogP contribution in [0.2, 0.25) is 5.02 Å². The Kier molecular flexibility index (Phi) is 11.0. The molecule has 2 aromatic carbocycles. The van der Waals surface area contributed by atoms with Crippen molar-refractivity contribution in [3.8, 4) is 0 Å². The smallest absolute Gasteiger partial charge is 0.328 e. The Morgan fingerprint density at radius 2 is 1.69 bits per heavy atom. The number of nitrogens with one attached hydrogen (secondary N) is 3. The van der Waals surface area contributed by atoms with Gasteiger partial charge in [0.05, 0.1) is 41.2 Å². The van der Waals surface area contributed by atoms with Crippen LogP contribution in [0.15, 0.2) is 48.7 Å². The molecule has 1 spiro atoms. The number of likely N-dealkylation sites (tertiary alicyclic amines) is 3. The Morgan fingerprint density at radius 1 is 0.938 bits per heavy atom. The van der Waals surface area contributed by atoms with Crippen molar-refractivity contribution in [2.24, 2.45) is 5.41 Å². The fourth-order valence-electron chi connectivity index (χ4n) is 10.5. The average Bonchev–Trinajstić information content (AvgIpc) is 3.59. The number of aromatic nitrogens is 3. The Hall–Kier alpha value is -5.46. The number of imidazole rings is 1. The molecule has 5 aliphatic heterocycles. The van der Waals surface area contributed by atoms with Crippen LogP contribution in [0.5, 0.6) is 0 Å². The molecule has 338 valence electrons.